The van der Waals surface area contributed by atoms with Crippen molar-refractivity contribution in [1.82, 2.24) is 9.44 Å². The minimum absolute atomic E-state index is 0. The molecule has 0 rings (SSSR count). The molecule has 0 aromatic heterocycles. The molecule has 0 unspecified atom stereocenters. The smallest absolute Gasteiger partial charge is 0.333 e. The van der Waals surface area contributed by atoms with E-state index in [1.54, 1.807) is 9.44 Å². The van der Waals surface area contributed by atoms with Crippen LogP contribution in [0.4, 0.5) is 26.3 Å². The van der Waals surface area contributed by atoms with Crippen LogP contribution in [-0.2, 0) is 19.2 Å². The average Bonchev–Trinajstić information content (AvgIpc) is 2.89. The predicted octanol–water partition coefficient (Wildman–Crippen LogP) is 7.77. The first-order valence-electron chi connectivity index (χ1n) is 15.2. The highest BCUT2D eigenvalue weighted by molar-refractivity contribution is 7.78. The second kappa shape index (κ2) is 31.4. The van der Waals surface area contributed by atoms with Gasteiger partial charge in [-0.1, -0.05) is 109 Å². The van der Waals surface area contributed by atoms with Crippen molar-refractivity contribution >= 4 is 49.0 Å². The molecule has 0 aromatic carbocycles. The second-order valence-electron chi connectivity index (χ2n) is 13.1. The third-order valence-electron chi connectivity index (χ3n) is 5.19. The maximum absolute atomic E-state index is 11.4. The zero-order chi connectivity index (χ0) is 41.7. The SMILES string of the molecule is CC.CC.CC(C)(C)C(C)(C)N.CC(C)(C)N.CC(C)C(C)(C)C.CN.O=C(CC(=O)C(F)(F)F)NS.O=C(CC(=O)C(F)(F)F)NS. The van der Waals surface area contributed by atoms with E-state index in [-0.39, 0.29) is 16.5 Å². The lowest BCUT2D eigenvalue weighted by molar-refractivity contribution is -0.172. The Hall–Kier alpha value is -1.56. The van der Waals surface area contributed by atoms with Gasteiger partial charge in [0.05, 0.1) is 12.8 Å². The molecule has 2 amide bonds. The van der Waals surface area contributed by atoms with Crippen LogP contribution in [0.5, 0.6) is 0 Å². The topological polar surface area (TPSA) is 170 Å². The quantitative estimate of drug-likeness (QED) is 0.0874. The van der Waals surface area contributed by atoms with Crippen molar-refractivity contribution in [3.63, 3.8) is 0 Å². The van der Waals surface area contributed by atoms with Crippen LogP contribution >= 0.6 is 25.6 Å². The molecule has 0 saturated heterocycles. The second-order valence-corrected chi connectivity index (χ2v) is 13.6. The fraction of sp³-hybridized carbons (Fsp3) is 0.871. The monoisotopic (exact) mass is 753 g/mol. The molecule has 0 aromatic rings. The minimum atomic E-state index is -4.94. The van der Waals surface area contributed by atoms with Gasteiger partial charge in [-0.05, 0) is 58.4 Å². The normalized spacial score (nSPS) is 10.9. The summed E-state index contributed by atoms with van der Waals surface area (Å²) in [5.41, 5.74) is 16.3. The summed E-state index contributed by atoms with van der Waals surface area (Å²) in [5.74, 6) is -5.51. The molecule has 0 aliphatic rings. The molecular weight excluding hydrogens is 684 g/mol. The van der Waals surface area contributed by atoms with Crippen LogP contribution in [0.15, 0.2) is 0 Å². The van der Waals surface area contributed by atoms with Gasteiger partial charge in [-0.3, -0.25) is 19.2 Å². The molecule has 0 spiro atoms. The van der Waals surface area contributed by atoms with E-state index in [0.717, 1.165) is 5.92 Å². The summed E-state index contributed by atoms with van der Waals surface area (Å²) in [4.78, 5) is 40.3. The third-order valence-corrected chi connectivity index (χ3v) is 5.69. The molecule has 0 heterocycles. The average molecular weight is 754 g/mol. The highest BCUT2D eigenvalue weighted by Crippen LogP contribution is 2.26. The van der Waals surface area contributed by atoms with Crippen LogP contribution in [-0.4, -0.2) is 53.9 Å². The van der Waals surface area contributed by atoms with E-state index in [4.69, 9.17) is 11.5 Å². The Morgan fingerprint density at radius 3 is 0.792 bits per heavy atom. The summed E-state index contributed by atoms with van der Waals surface area (Å²) in [6.07, 6.45) is -12.3. The van der Waals surface area contributed by atoms with Gasteiger partial charge in [-0.2, -0.15) is 26.3 Å². The zero-order valence-electron chi connectivity index (χ0n) is 32.5. The van der Waals surface area contributed by atoms with Crippen molar-refractivity contribution in [3.05, 3.63) is 0 Å². The van der Waals surface area contributed by atoms with Gasteiger partial charge in [0.2, 0.25) is 23.4 Å². The Balaban J connectivity index is -0.0000000680. The van der Waals surface area contributed by atoms with Gasteiger partial charge in [0.1, 0.15) is 0 Å². The molecule has 0 aliphatic heterocycles. The molecule has 0 saturated carbocycles. The summed E-state index contributed by atoms with van der Waals surface area (Å²) < 4.78 is 71.6. The molecule has 0 aliphatic carbocycles. The highest BCUT2D eigenvalue weighted by atomic mass is 32.1. The Labute approximate surface area is 298 Å². The first-order chi connectivity index (χ1) is 20.9. The number of amides is 2. The van der Waals surface area contributed by atoms with Crippen LogP contribution in [0.25, 0.3) is 0 Å². The van der Waals surface area contributed by atoms with Crippen LogP contribution in [0.2, 0.25) is 0 Å². The number of hydrogen-bond acceptors (Lipinski definition) is 9. The minimum Gasteiger partial charge on any atom is -0.333 e. The number of carbonyl (C=O) groups is 4. The number of rotatable bonds is 4. The predicted molar refractivity (Wildman–Crippen MR) is 194 cm³/mol. The molecule has 0 radical (unpaired) electrons. The van der Waals surface area contributed by atoms with E-state index >= 15 is 0 Å². The van der Waals surface area contributed by atoms with Crippen molar-refractivity contribution in [1.29, 1.82) is 0 Å². The van der Waals surface area contributed by atoms with Gasteiger partial charge in [-0.15, -0.1) is 0 Å². The zero-order valence-corrected chi connectivity index (χ0v) is 34.3. The summed E-state index contributed by atoms with van der Waals surface area (Å²) in [6, 6.07) is 0. The molecule has 0 fully saturated rings. The Morgan fingerprint density at radius 2 is 0.729 bits per heavy atom. The number of nitrogens with one attached hydrogen (secondary N) is 2. The van der Waals surface area contributed by atoms with Gasteiger partial charge in [0.25, 0.3) is 0 Å². The van der Waals surface area contributed by atoms with Crippen molar-refractivity contribution in [2.45, 2.75) is 154 Å². The number of carbonyl (C=O) groups excluding carboxylic acids is 4. The number of thiol groups is 2. The summed E-state index contributed by atoms with van der Waals surface area (Å²) >= 11 is 6.33. The van der Waals surface area contributed by atoms with E-state index in [9.17, 15) is 45.5 Å². The maximum Gasteiger partial charge on any atom is 0.450 e. The molecule has 8 N–H and O–H groups in total. The van der Waals surface area contributed by atoms with Crippen LogP contribution in [0.1, 0.15) is 131 Å². The van der Waals surface area contributed by atoms with Gasteiger partial charge in [0, 0.05) is 11.1 Å². The van der Waals surface area contributed by atoms with E-state index in [2.05, 4.69) is 86.8 Å². The summed E-state index contributed by atoms with van der Waals surface area (Å²) in [6.45, 7) is 35.7. The van der Waals surface area contributed by atoms with Crippen molar-refractivity contribution < 1.29 is 45.5 Å². The van der Waals surface area contributed by atoms with Crippen LogP contribution in [0, 0.1) is 16.7 Å². The fourth-order valence-electron chi connectivity index (χ4n) is 0.571. The van der Waals surface area contributed by atoms with E-state index in [1.165, 1.54) is 7.05 Å². The lowest BCUT2D eigenvalue weighted by atomic mass is 9.77. The number of alkyl halides is 6. The number of ketones is 2. The van der Waals surface area contributed by atoms with Crippen molar-refractivity contribution in [2.75, 3.05) is 7.05 Å². The molecule has 0 atom stereocenters. The summed E-state index contributed by atoms with van der Waals surface area (Å²) in [7, 11) is 1.50. The van der Waals surface area contributed by atoms with Gasteiger partial charge >= 0.3 is 12.4 Å². The summed E-state index contributed by atoms with van der Waals surface area (Å²) in [5, 5.41) is 0. The lowest BCUT2D eigenvalue weighted by Crippen LogP contribution is -2.45. The third kappa shape index (κ3) is 59.8. The van der Waals surface area contributed by atoms with Crippen LogP contribution in [0.3, 0.4) is 0 Å². The first kappa shape index (κ1) is 64.9. The molecule has 0 bridgehead atoms. The molecule has 17 heteroatoms. The highest BCUT2D eigenvalue weighted by Gasteiger charge is 2.39. The Morgan fingerprint density at radius 1 is 0.583 bits per heavy atom. The molecular formula is C31H69F6N5O4S2. The van der Waals surface area contributed by atoms with Crippen LogP contribution < -0.4 is 26.6 Å². The van der Waals surface area contributed by atoms with Gasteiger partial charge in [-0.25, -0.2) is 0 Å². The lowest BCUT2D eigenvalue weighted by Gasteiger charge is -2.34. The number of halogens is 6. The number of hydrogen-bond donors (Lipinski definition) is 7. The molecule has 296 valence electrons. The van der Waals surface area contributed by atoms with Gasteiger partial charge in [0.15, 0.2) is 0 Å². The van der Waals surface area contributed by atoms with Crippen molar-refractivity contribution in [2.24, 2.45) is 33.9 Å². The molecule has 9 nitrogen and oxygen atoms in total. The largest absolute Gasteiger partial charge is 0.450 e. The van der Waals surface area contributed by atoms with E-state index < -0.39 is 48.6 Å². The Bertz CT molecular complexity index is 757. The fourth-order valence-corrected chi connectivity index (χ4v) is 0.729. The van der Waals surface area contributed by atoms with E-state index in [1.807, 2.05) is 62.3 Å². The van der Waals surface area contributed by atoms with Gasteiger partial charge < -0.3 is 26.6 Å². The Kier molecular flexibility index (Phi) is 42.5. The van der Waals surface area contributed by atoms with Crippen molar-refractivity contribution in [3.8, 4) is 0 Å². The number of Topliss-reactive ketones (excluding diaryl/α,β-unsaturated/α-hetero) is 2. The maximum atomic E-state index is 11.4. The first-order valence-corrected chi connectivity index (χ1v) is 16.1. The molecule has 48 heavy (non-hydrogen) atoms. The number of nitrogens with two attached hydrogens (primary N) is 3. The van der Waals surface area contributed by atoms with E-state index in [0.29, 0.717) is 5.41 Å². The standard InChI is InChI=1S/C7H17N.C7H16.2C4H4F3NO2S.C4H11N.2C2H6.CH5N/c1-6(2,3)7(4,5)8;1-6(2)7(3,4)5;2*5-4(6,7)2(9)1-3(10)8-11;1-4(2,3)5;3*1-2/h8H2,1-5H3;6H,1-5H3;2*11H,1H2,(H,8,10);5H2,1-3H3;2*1-2H3;2H2,1H3.